The van der Waals surface area contributed by atoms with Crippen LogP contribution in [0.4, 0.5) is 4.79 Å². The number of fused-ring (bicyclic) bond motifs is 1. The van der Waals surface area contributed by atoms with Gasteiger partial charge in [0.05, 0.1) is 11.7 Å². The fraction of sp³-hybridized carbons (Fsp3) is 0.400. The Morgan fingerprint density at radius 2 is 2.15 bits per heavy atom. The average Bonchev–Trinajstić information content (AvgIpc) is 3.40. The highest BCUT2D eigenvalue weighted by Crippen LogP contribution is 2.37. The second-order valence-electron chi connectivity index (χ2n) is 6.89. The molecule has 3 aromatic rings. The Morgan fingerprint density at radius 3 is 2.92 bits per heavy atom. The quantitative estimate of drug-likeness (QED) is 0.686. The Bertz CT molecular complexity index is 819. The van der Waals surface area contributed by atoms with Crippen LogP contribution in [0.2, 0.25) is 0 Å². The van der Waals surface area contributed by atoms with E-state index in [-0.39, 0.29) is 12.1 Å². The SMILES string of the molecule is O=C(NCCc1cn2ccccc2n1)NC(c1cccs1)C1CCCC1. The summed E-state index contributed by atoms with van der Waals surface area (Å²) in [5.41, 5.74) is 1.92. The summed E-state index contributed by atoms with van der Waals surface area (Å²) < 4.78 is 2.00. The van der Waals surface area contributed by atoms with Gasteiger partial charge < -0.3 is 15.0 Å². The zero-order chi connectivity index (χ0) is 17.8. The number of carbonyl (C=O) groups is 1. The van der Waals surface area contributed by atoms with Gasteiger partial charge in [0.25, 0.3) is 0 Å². The molecular formula is C20H24N4OS. The van der Waals surface area contributed by atoms with E-state index in [9.17, 15) is 4.79 Å². The van der Waals surface area contributed by atoms with E-state index < -0.39 is 0 Å². The van der Waals surface area contributed by atoms with Crippen molar-refractivity contribution in [2.45, 2.75) is 38.1 Å². The lowest BCUT2D eigenvalue weighted by molar-refractivity contribution is 0.231. The van der Waals surface area contributed by atoms with E-state index in [2.05, 4.69) is 33.1 Å². The van der Waals surface area contributed by atoms with Crippen molar-refractivity contribution >= 4 is 23.0 Å². The lowest BCUT2D eigenvalue weighted by atomic mass is 9.97. The number of hydrogen-bond acceptors (Lipinski definition) is 3. The van der Waals surface area contributed by atoms with Crippen LogP contribution in [0.25, 0.3) is 5.65 Å². The predicted molar refractivity (Wildman–Crippen MR) is 104 cm³/mol. The highest BCUT2D eigenvalue weighted by atomic mass is 32.1. The molecule has 26 heavy (non-hydrogen) atoms. The van der Waals surface area contributed by atoms with Gasteiger partial charge in [-0.3, -0.25) is 0 Å². The summed E-state index contributed by atoms with van der Waals surface area (Å²) in [6, 6.07) is 10.2. The summed E-state index contributed by atoms with van der Waals surface area (Å²) in [6.07, 6.45) is 9.66. The third kappa shape index (κ3) is 3.90. The van der Waals surface area contributed by atoms with Gasteiger partial charge in [-0.15, -0.1) is 11.3 Å². The number of urea groups is 1. The molecule has 0 aromatic carbocycles. The number of aromatic nitrogens is 2. The third-order valence-corrected chi connectivity index (χ3v) is 6.04. The van der Waals surface area contributed by atoms with E-state index in [1.807, 2.05) is 35.0 Å². The van der Waals surface area contributed by atoms with Crippen LogP contribution in [-0.4, -0.2) is 22.0 Å². The summed E-state index contributed by atoms with van der Waals surface area (Å²) in [5.74, 6) is 0.554. The van der Waals surface area contributed by atoms with Crippen LogP contribution >= 0.6 is 11.3 Å². The molecule has 0 aliphatic heterocycles. The van der Waals surface area contributed by atoms with Crippen LogP contribution in [0.5, 0.6) is 0 Å². The maximum Gasteiger partial charge on any atom is 0.315 e. The van der Waals surface area contributed by atoms with E-state index in [1.165, 1.54) is 30.6 Å². The third-order valence-electron chi connectivity index (χ3n) is 5.09. The number of imidazole rings is 1. The van der Waals surface area contributed by atoms with Crippen molar-refractivity contribution in [3.63, 3.8) is 0 Å². The van der Waals surface area contributed by atoms with Crippen LogP contribution in [0.1, 0.15) is 42.3 Å². The van der Waals surface area contributed by atoms with Crippen molar-refractivity contribution in [2.75, 3.05) is 6.54 Å². The standard InChI is InChI=1S/C20H24N4OS/c25-20(21-11-10-16-14-24-12-4-3-9-18(24)22-16)23-19(15-6-1-2-7-15)17-8-5-13-26-17/h3-5,8-9,12-15,19H,1-2,6-7,10-11H2,(H2,21,23,25). The molecule has 3 heterocycles. The summed E-state index contributed by atoms with van der Waals surface area (Å²) in [7, 11) is 0. The molecule has 1 unspecified atom stereocenters. The molecule has 6 heteroatoms. The van der Waals surface area contributed by atoms with Crippen molar-refractivity contribution in [3.05, 3.63) is 58.7 Å². The van der Waals surface area contributed by atoms with Gasteiger partial charge in [-0.05, 0) is 42.3 Å². The lowest BCUT2D eigenvalue weighted by Gasteiger charge is -2.24. The molecule has 5 nitrogen and oxygen atoms in total. The minimum absolute atomic E-state index is 0.0842. The van der Waals surface area contributed by atoms with Crippen molar-refractivity contribution in [1.82, 2.24) is 20.0 Å². The maximum atomic E-state index is 12.4. The molecule has 1 saturated carbocycles. The van der Waals surface area contributed by atoms with Gasteiger partial charge in [0.2, 0.25) is 0 Å². The number of pyridine rings is 1. The maximum absolute atomic E-state index is 12.4. The number of nitrogens with one attached hydrogen (secondary N) is 2. The van der Waals surface area contributed by atoms with Gasteiger partial charge in [-0.25, -0.2) is 9.78 Å². The number of carbonyl (C=O) groups excluding carboxylic acids is 1. The first-order valence-electron chi connectivity index (χ1n) is 9.30. The van der Waals surface area contributed by atoms with Crippen LogP contribution in [0.3, 0.4) is 0 Å². The zero-order valence-corrected chi connectivity index (χ0v) is 15.5. The predicted octanol–water partition coefficient (Wildman–Crippen LogP) is 4.17. The van der Waals surface area contributed by atoms with Gasteiger partial charge in [0, 0.05) is 30.2 Å². The number of thiophene rings is 1. The van der Waals surface area contributed by atoms with Crippen LogP contribution in [0.15, 0.2) is 48.1 Å². The fourth-order valence-electron chi connectivity index (χ4n) is 3.78. The highest BCUT2D eigenvalue weighted by molar-refractivity contribution is 7.10. The molecule has 1 aliphatic carbocycles. The molecule has 3 aromatic heterocycles. The Hall–Kier alpha value is -2.34. The second-order valence-corrected chi connectivity index (χ2v) is 7.87. The smallest absolute Gasteiger partial charge is 0.315 e. The number of amides is 2. The largest absolute Gasteiger partial charge is 0.338 e. The normalized spacial score (nSPS) is 16.0. The molecule has 0 radical (unpaired) electrons. The summed E-state index contributed by atoms with van der Waals surface area (Å²) >= 11 is 1.73. The van der Waals surface area contributed by atoms with Crippen LogP contribution in [-0.2, 0) is 6.42 Å². The molecule has 1 fully saturated rings. The first kappa shape index (κ1) is 17.1. The Balaban J connectivity index is 1.32. The first-order chi connectivity index (χ1) is 12.8. The molecule has 1 aliphatic rings. The van der Waals surface area contributed by atoms with Gasteiger partial charge in [0.15, 0.2) is 0 Å². The Morgan fingerprint density at radius 1 is 1.27 bits per heavy atom. The van der Waals surface area contributed by atoms with Crippen LogP contribution in [0, 0.1) is 5.92 Å². The molecule has 4 rings (SSSR count). The summed E-state index contributed by atoms with van der Waals surface area (Å²) in [4.78, 5) is 18.2. The van der Waals surface area contributed by atoms with E-state index in [1.54, 1.807) is 11.3 Å². The molecule has 136 valence electrons. The topological polar surface area (TPSA) is 58.4 Å². The van der Waals surface area contributed by atoms with Crippen molar-refractivity contribution in [1.29, 1.82) is 0 Å². The summed E-state index contributed by atoms with van der Waals surface area (Å²) in [6.45, 7) is 0.581. The highest BCUT2D eigenvalue weighted by Gasteiger charge is 2.28. The minimum Gasteiger partial charge on any atom is -0.338 e. The van der Waals surface area contributed by atoms with Crippen molar-refractivity contribution in [2.24, 2.45) is 5.92 Å². The first-order valence-corrected chi connectivity index (χ1v) is 10.2. The molecule has 1 atom stereocenters. The Kier molecular flexibility index (Phi) is 5.20. The average molecular weight is 369 g/mol. The number of rotatable bonds is 6. The molecule has 0 bridgehead atoms. The molecule has 2 amide bonds. The molecule has 0 saturated heterocycles. The van der Waals surface area contributed by atoms with Gasteiger partial charge in [-0.2, -0.15) is 0 Å². The van der Waals surface area contributed by atoms with E-state index >= 15 is 0 Å². The van der Waals surface area contributed by atoms with Gasteiger partial charge in [0.1, 0.15) is 5.65 Å². The zero-order valence-electron chi connectivity index (χ0n) is 14.7. The molecular weight excluding hydrogens is 344 g/mol. The Labute approximate surface area is 157 Å². The van der Waals surface area contributed by atoms with Crippen molar-refractivity contribution < 1.29 is 4.79 Å². The molecule has 2 N–H and O–H groups in total. The lowest BCUT2D eigenvalue weighted by Crippen LogP contribution is -2.40. The van der Waals surface area contributed by atoms with E-state index in [4.69, 9.17) is 0 Å². The number of nitrogens with zero attached hydrogens (tertiary/aromatic N) is 2. The van der Waals surface area contributed by atoms with Gasteiger partial charge >= 0.3 is 6.03 Å². The summed E-state index contributed by atoms with van der Waals surface area (Å²) in [5, 5.41) is 8.29. The van der Waals surface area contributed by atoms with E-state index in [0.717, 1.165) is 17.8 Å². The van der Waals surface area contributed by atoms with Crippen LogP contribution < -0.4 is 10.6 Å². The molecule has 0 spiro atoms. The second kappa shape index (κ2) is 7.91. The monoisotopic (exact) mass is 368 g/mol. The van der Waals surface area contributed by atoms with Gasteiger partial charge in [-0.1, -0.05) is 25.0 Å². The fourth-order valence-corrected chi connectivity index (χ4v) is 4.65. The number of hydrogen-bond donors (Lipinski definition) is 2. The van der Waals surface area contributed by atoms with E-state index in [0.29, 0.717) is 12.5 Å². The van der Waals surface area contributed by atoms with Crippen molar-refractivity contribution in [3.8, 4) is 0 Å². The minimum atomic E-state index is -0.0842.